The van der Waals surface area contributed by atoms with E-state index in [-0.39, 0.29) is 38.6 Å². The zero-order valence-corrected chi connectivity index (χ0v) is 35.4. The second kappa shape index (κ2) is 37.4. The number of quaternary nitrogens is 1. The van der Waals surface area contributed by atoms with Crippen molar-refractivity contribution in [1.29, 1.82) is 0 Å². The van der Waals surface area contributed by atoms with E-state index in [9.17, 15) is 19.5 Å². The second-order valence-corrected chi connectivity index (χ2v) is 15.6. The molecule has 9 nitrogen and oxygen atoms in total. The predicted molar refractivity (Wildman–Crippen MR) is 221 cm³/mol. The highest BCUT2D eigenvalue weighted by Crippen LogP contribution is 2.13. The van der Waals surface area contributed by atoms with Gasteiger partial charge in [0.05, 0.1) is 34.4 Å². The van der Waals surface area contributed by atoms with Gasteiger partial charge in [-0.1, -0.05) is 134 Å². The molecule has 1 N–H and O–H groups in total. The van der Waals surface area contributed by atoms with Crippen molar-refractivity contribution in [3.8, 4) is 0 Å². The Kier molecular flexibility index (Phi) is 35.7. The molecule has 2 unspecified atom stereocenters. The van der Waals surface area contributed by atoms with E-state index in [1.54, 1.807) is 0 Å². The summed E-state index contributed by atoms with van der Waals surface area (Å²) in [6.45, 7) is 4.77. The van der Waals surface area contributed by atoms with E-state index < -0.39 is 24.3 Å². The number of nitrogens with zero attached hydrogens (tertiary/aromatic N) is 1. The predicted octanol–water partition coefficient (Wildman–Crippen LogP) is 11.1. The van der Waals surface area contributed by atoms with E-state index in [0.717, 1.165) is 83.5 Å². The van der Waals surface area contributed by atoms with Crippen LogP contribution < -0.4 is 0 Å². The molecule has 0 spiro atoms. The van der Waals surface area contributed by atoms with E-state index in [2.05, 4.69) is 50.3 Å². The van der Waals surface area contributed by atoms with Crippen LogP contribution in [0.5, 0.6) is 0 Å². The number of unbranched alkanes of at least 4 members (excludes halogenated alkanes) is 18. The molecule has 0 aromatic heterocycles. The zero-order chi connectivity index (χ0) is 40.0. The van der Waals surface area contributed by atoms with Crippen LogP contribution in [0.3, 0.4) is 0 Å². The molecule has 0 aliphatic rings. The Morgan fingerprint density at radius 1 is 0.556 bits per heavy atom. The number of carbonyl (C=O) groups is 3. The van der Waals surface area contributed by atoms with E-state index >= 15 is 0 Å². The van der Waals surface area contributed by atoms with Gasteiger partial charge in [-0.2, -0.15) is 0 Å². The highest BCUT2D eigenvalue weighted by molar-refractivity contribution is 5.71. The molecular weight excluding hydrogens is 682 g/mol. The van der Waals surface area contributed by atoms with Crippen molar-refractivity contribution in [3.05, 3.63) is 36.5 Å². The van der Waals surface area contributed by atoms with Gasteiger partial charge in [-0.3, -0.25) is 9.59 Å². The smallest absolute Gasteiger partial charge is 0.361 e. The Bertz CT molecular complexity index is 987. The maximum Gasteiger partial charge on any atom is 0.361 e. The topological polar surface area (TPSA) is 108 Å². The van der Waals surface area contributed by atoms with Crippen LogP contribution in [-0.4, -0.2) is 87.4 Å². The van der Waals surface area contributed by atoms with Crippen LogP contribution in [0.15, 0.2) is 36.5 Å². The summed E-state index contributed by atoms with van der Waals surface area (Å²) in [4.78, 5) is 37.0. The molecule has 0 heterocycles. The number of hydrogen-bond acceptors (Lipinski definition) is 7. The van der Waals surface area contributed by atoms with Gasteiger partial charge in [0.25, 0.3) is 6.29 Å². The van der Waals surface area contributed by atoms with Gasteiger partial charge in [-0.25, -0.2) is 4.79 Å². The van der Waals surface area contributed by atoms with Crippen molar-refractivity contribution in [2.45, 2.75) is 187 Å². The molecule has 314 valence electrons. The van der Waals surface area contributed by atoms with Crippen molar-refractivity contribution in [3.63, 3.8) is 0 Å². The number of allylic oxidation sites excluding steroid dienone is 6. The van der Waals surface area contributed by atoms with Gasteiger partial charge < -0.3 is 28.5 Å². The molecule has 0 aromatic rings. The summed E-state index contributed by atoms with van der Waals surface area (Å²) < 4.78 is 22.7. The highest BCUT2D eigenvalue weighted by Gasteiger charge is 2.25. The van der Waals surface area contributed by atoms with Crippen LogP contribution in [0.1, 0.15) is 174 Å². The Morgan fingerprint density at radius 2 is 1.04 bits per heavy atom. The van der Waals surface area contributed by atoms with Gasteiger partial charge in [0.1, 0.15) is 13.2 Å². The van der Waals surface area contributed by atoms with Gasteiger partial charge in [-0.05, 0) is 64.2 Å². The molecule has 0 fully saturated rings. The Labute approximate surface area is 330 Å². The lowest BCUT2D eigenvalue weighted by atomic mass is 10.1. The SMILES string of the molecule is CCC/C=C\C/C=C\CCCCCCCC(=O)OC(COC(=O)CCCCCCC/C=C\CCCCCCCCC)COC(OCC[N+](C)(C)C)C(=O)O. The summed E-state index contributed by atoms with van der Waals surface area (Å²) in [5, 5.41) is 9.61. The lowest BCUT2D eigenvalue weighted by Crippen LogP contribution is -2.40. The maximum atomic E-state index is 12.7. The number of carboxylic acids is 1. The molecule has 0 aliphatic heterocycles. The Morgan fingerprint density at radius 3 is 1.56 bits per heavy atom. The standard InChI is InChI=1S/C45H81NO8/c1-6-8-10-12-14-16-18-20-21-22-24-25-27-29-31-33-35-42(47)52-39-41(40-53-45(44(49)50)51-38-37-46(3,4)5)54-43(48)36-34-32-30-28-26-23-19-17-15-13-11-9-7-2/h11,13,17,19,21-22,41,45H,6-10,12,14-16,18,20,23-40H2,1-5H3/p+1/b13-11-,19-17-,22-21-. The lowest BCUT2D eigenvalue weighted by molar-refractivity contribution is -0.870. The molecule has 0 saturated heterocycles. The molecule has 0 saturated carbocycles. The number of aliphatic carboxylic acids is 1. The van der Waals surface area contributed by atoms with Crippen LogP contribution >= 0.6 is 0 Å². The van der Waals surface area contributed by atoms with Crippen LogP contribution in [0.25, 0.3) is 0 Å². The molecular formula is C45H82NO8+. The average molecular weight is 765 g/mol. The third-order valence-electron chi connectivity index (χ3n) is 9.10. The van der Waals surface area contributed by atoms with Crippen LogP contribution in [-0.2, 0) is 33.3 Å². The van der Waals surface area contributed by atoms with Gasteiger partial charge in [0.15, 0.2) is 6.10 Å². The summed E-state index contributed by atoms with van der Waals surface area (Å²) in [5.74, 6) is -2.04. The molecule has 0 aliphatic carbocycles. The van der Waals surface area contributed by atoms with Gasteiger partial charge >= 0.3 is 17.9 Å². The van der Waals surface area contributed by atoms with E-state index in [0.29, 0.717) is 17.4 Å². The fourth-order valence-electron chi connectivity index (χ4n) is 5.69. The van der Waals surface area contributed by atoms with Crippen molar-refractivity contribution >= 4 is 17.9 Å². The fraction of sp³-hybridized carbons (Fsp3) is 0.800. The van der Waals surface area contributed by atoms with Crippen molar-refractivity contribution in [2.24, 2.45) is 0 Å². The first-order valence-corrected chi connectivity index (χ1v) is 21.7. The highest BCUT2D eigenvalue weighted by atomic mass is 16.7. The van der Waals surface area contributed by atoms with Crippen LogP contribution in [0, 0.1) is 0 Å². The second-order valence-electron chi connectivity index (χ2n) is 15.6. The van der Waals surface area contributed by atoms with Gasteiger partial charge in [0.2, 0.25) is 0 Å². The quantitative estimate of drug-likeness (QED) is 0.0217. The van der Waals surface area contributed by atoms with Gasteiger partial charge in [0, 0.05) is 12.8 Å². The first-order chi connectivity index (χ1) is 26.1. The minimum absolute atomic E-state index is 0.183. The summed E-state index contributed by atoms with van der Waals surface area (Å²) in [6, 6.07) is 0. The minimum atomic E-state index is -1.51. The van der Waals surface area contributed by atoms with Crippen molar-refractivity contribution in [2.75, 3.05) is 47.5 Å². The van der Waals surface area contributed by atoms with Crippen molar-refractivity contribution < 1.29 is 42.9 Å². The number of ether oxygens (including phenoxy) is 4. The fourth-order valence-corrected chi connectivity index (χ4v) is 5.69. The van der Waals surface area contributed by atoms with Crippen LogP contribution in [0.2, 0.25) is 0 Å². The van der Waals surface area contributed by atoms with E-state index in [1.807, 2.05) is 21.1 Å². The summed E-state index contributed by atoms with van der Waals surface area (Å²) in [7, 11) is 5.94. The average Bonchev–Trinajstić information content (AvgIpc) is 3.12. The van der Waals surface area contributed by atoms with Crippen LogP contribution in [0.4, 0.5) is 0 Å². The molecule has 9 heteroatoms. The number of esters is 2. The Hall–Kier alpha value is -2.49. The third-order valence-corrected chi connectivity index (χ3v) is 9.10. The molecule has 54 heavy (non-hydrogen) atoms. The number of rotatable bonds is 39. The maximum absolute atomic E-state index is 12.7. The zero-order valence-electron chi connectivity index (χ0n) is 35.4. The minimum Gasteiger partial charge on any atom is -0.477 e. The molecule has 0 aromatic carbocycles. The number of carboxylic acid groups (broad SMARTS) is 1. The third kappa shape index (κ3) is 37.8. The summed E-state index contributed by atoms with van der Waals surface area (Å²) in [6.07, 6.45) is 37.7. The lowest BCUT2D eigenvalue weighted by Gasteiger charge is -2.25. The first kappa shape index (κ1) is 51.5. The molecule has 2 atom stereocenters. The largest absolute Gasteiger partial charge is 0.477 e. The molecule has 0 amide bonds. The summed E-state index contributed by atoms with van der Waals surface area (Å²) >= 11 is 0. The van der Waals surface area contributed by atoms with Crippen molar-refractivity contribution in [1.82, 2.24) is 0 Å². The monoisotopic (exact) mass is 765 g/mol. The van der Waals surface area contributed by atoms with E-state index in [4.69, 9.17) is 18.9 Å². The summed E-state index contributed by atoms with van der Waals surface area (Å²) in [5.41, 5.74) is 0. The number of carbonyl (C=O) groups excluding carboxylic acids is 2. The number of hydrogen-bond donors (Lipinski definition) is 1. The first-order valence-electron chi connectivity index (χ1n) is 21.7. The normalized spacial score (nSPS) is 13.3. The molecule has 0 rings (SSSR count). The van der Waals surface area contributed by atoms with E-state index in [1.165, 1.54) is 57.8 Å². The Balaban J connectivity index is 4.48. The number of likely N-dealkylation sites (N-methyl/N-ethyl adjacent to an activating group) is 1. The molecule has 0 radical (unpaired) electrons. The molecule has 0 bridgehead atoms. The van der Waals surface area contributed by atoms with Gasteiger partial charge in [-0.15, -0.1) is 0 Å².